The third-order valence-electron chi connectivity index (χ3n) is 3.23. The fourth-order valence-corrected chi connectivity index (χ4v) is 1.63. The van der Waals surface area contributed by atoms with E-state index in [1.54, 1.807) is 0 Å². The van der Waals surface area contributed by atoms with Gasteiger partial charge in [0.1, 0.15) is 0 Å². The van der Waals surface area contributed by atoms with Crippen molar-refractivity contribution in [1.82, 2.24) is 0 Å². The molecular weight excluding hydrogens is 222 g/mol. The molecule has 1 aromatic carbocycles. The van der Waals surface area contributed by atoms with Gasteiger partial charge >= 0.3 is 0 Å². The maximum Gasteiger partial charge on any atom is 0.0500 e. The monoisotopic (exact) mass is 243 g/mol. The highest BCUT2D eigenvalue weighted by Gasteiger charge is 2.27. The largest absolute Gasteiger partial charge is 0.396 e. The fraction of sp³-hybridized carbons (Fsp3) is 0.538. The van der Waals surface area contributed by atoms with Gasteiger partial charge in [0.2, 0.25) is 0 Å². The van der Waals surface area contributed by atoms with Crippen LogP contribution >= 0.6 is 12.4 Å². The van der Waals surface area contributed by atoms with Crippen LogP contribution in [0.4, 0.5) is 0 Å². The Hall–Kier alpha value is -0.570. The van der Waals surface area contributed by atoms with E-state index in [9.17, 15) is 5.11 Å². The van der Waals surface area contributed by atoms with Crippen molar-refractivity contribution in [1.29, 1.82) is 0 Å². The number of aliphatic hydroxyl groups is 1. The van der Waals surface area contributed by atoms with Gasteiger partial charge in [-0.15, -0.1) is 12.4 Å². The molecule has 0 aromatic heterocycles. The molecule has 92 valence electrons. The van der Waals surface area contributed by atoms with E-state index in [0.29, 0.717) is 0 Å². The normalized spacial score (nSPS) is 13.1. The molecule has 3 heteroatoms. The molecule has 0 spiro atoms. The molecule has 0 aliphatic carbocycles. The molecule has 1 aromatic rings. The van der Waals surface area contributed by atoms with Crippen LogP contribution in [-0.4, -0.2) is 11.7 Å². The lowest BCUT2D eigenvalue weighted by Gasteiger charge is -2.31. The van der Waals surface area contributed by atoms with Crippen molar-refractivity contribution < 1.29 is 5.11 Å². The van der Waals surface area contributed by atoms with Gasteiger partial charge in [-0.1, -0.05) is 32.0 Å². The number of halogens is 1. The summed E-state index contributed by atoms with van der Waals surface area (Å²) in [4.78, 5) is 0. The van der Waals surface area contributed by atoms with Crippen LogP contribution in [0.3, 0.4) is 0 Å². The van der Waals surface area contributed by atoms with Crippen LogP contribution in [0.5, 0.6) is 0 Å². The second-order valence-electron chi connectivity index (χ2n) is 4.91. The van der Waals surface area contributed by atoms with Crippen LogP contribution in [0.1, 0.15) is 36.6 Å². The molecule has 3 N–H and O–H groups in total. The summed E-state index contributed by atoms with van der Waals surface area (Å²) >= 11 is 0. The summed E-state index contributed by atoms with van der Waals surface area (Å²) in [5, 5.41) is 9.31. The minimum absolute atomic E-state index is 0. The van der Waals surface area contributed by atoms with Crippen molar-refractivity contribution in [3.05, 3.63) is 34.9 Å². The van der Waals surface area contributed by atoms with Crippen molar-refractivity contribution in [2.24, 2.45) is 11.1 Å². The summed E-state index contributed by atoms with van der Waals surface area (Å²) in [6.45, 7) is 8.23. The van der Waals surface area contributed by atoms with E-state index >= 15 is 0 Å². The van der Waals surface area contributed by atoms with Crippen molar-refractivity contribution >= 4 is 12.4 Å². The van der Waals surface area contributed by atoms with Gasteiger partial charge in [-0.2, -0.15) is 0 Å². The smallest absolute Gasteiger partial charge is 0.0500 e. The van der Waals surface area contributed by atoms with Crippen LogP contribution < -0.4 is 5.73 Å². The highest BCUT2D eigenvalue weighted by atomic mass is 35.5. The Morgan fingerprint density at radius 1 is 1.31 bits per heavy atom. The van der Waals surface area contributed by atoms with E-state index in [4.69, 9.17) is 5.73 Å². The van der Waals surface area contributed by atoms with E-state index in [-0.39, 0.29) is 30.5 Å². The molecule has 0 saturated carbocycles. The molecule has 1 rings (SSSR count). The van der Waals surface area contributed by atoms with Gasteiger partial charge in [-0.05, 0) is 30.5 Å². The van der Waals surface area contributed by atoms with Gasteiger partial charge in [0.15, 0.2) is 0 Å². The van der Waals surface area contributed by atoms with Crippen LogP contribution in [0.2, 0.25) is 0 Å². The van der Waals surface area contributed by atoms with E-state index in [0.717, 1.165) is 5.56 Å². The van der Waals surface area contributed by atoms with Crippen LogP contribution in [0.25, 0.3) is 0 Å². The lowest BCUT2D eigenvalue weighted by Crippen LogP contribution is -2.33. The number of hydrogen-bond acceptors (Lipinski definition) is 2. The second-order valence-corrected chi connectivity index (χ2v) is 4.91. The van der Waals surface area contributed by atoms with Crippen LogP contribution in [0.15, 0.2) is 18.2 Å². The molecule has 0 saturated heterocycles. The Morgan fingerprint density at radius 2 is 1.88 bits per heavy atom. The summed E-state index contributed by atoms with van der Waals surface area (Å²) in [5.74, 6) is 0. The van der Waals surface area contributed by atoms with Gasteiger partial charge in [-0.3, -0.25) is 0 Å². The molecule has 0 unspecified atom stereocenters. The number of benzene rings is 1. The molecular formula is C13H22ClNO. The summed E-state index contributed by atoms with van der Waals surface area (Å²) in [5.41, 5.74) is 9.52. The molecule has 0 fully saturated rings. The van der Waals surface area contributed by atoms with Crippen molar-refractivity contribution in [3.8, 4) is 0 Å². The topological polar surface area (TPSA) is 46.2 Å². The molecule has 0 bridgehead atoms. The molecule has 1 atom stereocenters. The quantitative estimate of drug-likeness (QED) is 0.858. The SMILES string of the molecule is Cc1cccc([C@@H](N)C(C)(C)CO)c1C.Cl. The van der Waals surface area contributed by atoms with Gasteiger partial charge < -0.3 is 10.8 Å². The minimum atomic E-state index is -0.279. The van der Waals surface area contributed by atoms with Crippen LogP contribution in [-0.2, 0) is 0 Å². The summed E-state index contributed by atoms with van der Waals surface area (Å²) in [7, 11) is 0. The molecule has 0 heterocycles. The third-order valence-corrected chi connectivity index (χ3v) is 3.23. The zero-order chi connectivity index (χ0) is 11.6. The average Bonchev–Trinajstić information content (AvgIpc) is 2.21. The van der Waals surface area contributed by atoms with Crippen molar-refractivity contribution in [2.75, 3.05) is 6.61 Å². The summed E-state index contributed by atoms with van der Waals surface area (Å²) in [6, 6.07) is 6.02. The summed E-state index contributed by atoms with van der Waals surface area (Å²) < 4.78 is 0. The number of aryl methyl sites for hydroxylation is 1. The zero-order valence-corrected chi connectivity index (χ0v) is 11.3. The average molecular weight is 244 g/mol. The molecule has 0 aliphatic rings. The lowest BCUT2D eigenvalue weighted by molar-refractivity contribution is 0.132. The highest BCUT2D eigenvalue weighted by molar-refractivity contribution is 5.85. The standard InChI is InChI=1S/C13H21NO.ClH/c1-9-6-5-7-11(10(9)2)12(14)13(3,4)8-15;/h5-7,12,15H,8,14H2,1-4H3;1H/t12-;/m1./s1. The minimum Gasteiger partial charge on any atom is -0.396 e. The predicted octanol–water partition coefficient (Wildman–Crippen LogP) is 2.74. The Kier molecular flexibility index (Phi) is 5.47. The van der Waals surface area contributed by atoms with Gasteiger partial charge in [0, 0.05) is 18.1 Å². The zero-order valence-electron chi connectivity index (χ0n) is 10.4. The molecule has 16 heavy (non-hydrogen) atoms. The fourth-order valence-electron chi connectivity index (χ4n) is 1.63. The molecule has 0 radical (unpaired) electrons. The molecule has 0 aliphatic heterocycles. The van der Waals surface area contributed by atoms with E-state index in [1.165, 1.54) is 11.1 Å². The van der Waals surface area contributed by atoms with E-state index < -0.39 is 0 Å². The first kappa shape index (κ1) is 15.4. The van der Waals surface area contributed by atoms with E-state index in [2.05, 4.69) is 19.9 Å². The maximum absolute atomic E-state index is 9.31. The van der Waals surface area contributed by atoms with Crippen molar-refractivity contribution in [2.45, 2.75) is 33.7 Å². The third kappa shape index (κ3) is 2.97. The summed E-state index contributed by atoms with van der Waals surface area (Å²) in [6.07, 6.45) is 0. The molecule has 0 amide bonds. The Labute approximate surface area is 104 Å². The van der Waals surface area contributed by atoms with Crippen molar-refractivity contribution in [3.63, 3.8) is 0 Å². The predicted molar refractivity (Wildman–Crippen MR) is 71.0 cm³/mol. The first-order chi connectivity index (χ1) is 6.90. The molecule has 2 nitrogen and oxygen atoms in total. The van der Waals surface area contributed by atoms with Gasteiger partial charge in [0.25, 0.3) is 0 Å². The first-order valence-corrected chi connectivity index (χ1v) is 5.32. The Balaban J connectivity index is 0.00000225. The Bertz CT molecular complexity index is 350. The van der Waals surface area contributed by atoms with Gasteiger partial charge in [-0.25, -0.2) is 0 Å². The van der Waals surface area contributed by atoms with Crippen LogP contribution in [0, 0.1) is 19.3 Å². The first-order valence-electron chi connectivity index (χ1n) is 5.32. The number of hydrogen-bond donors (Lipinski definition) is 2. The highest BCUT2D eigenvalue weighted by Crippen LogP contribution is 2.32. The number of nitrogens with two attached hydrogens (primary N) is 1. The maximum atomic E-state index is 9.31. The lowest BCUT2D eigenvalue weighted by atomic mass is 9.80. The number of aliphatic hydroxyl groups excluding tert-OH is 1. The van der Waals surface area contributed by atoms with E-state index in [1.807, 2.05) is 26.0 Å². The second kappa shape index (κ2) is 5.67. The van der Waals surface area contributed by atoms with Gasteiger partial charge in [0.05, 0.1) is 0 Å². The Morgan fingerprint density at radius 3 is 2.38 bits per heavy atom. The number of rotatable bonds is 3.